The van der Waals surface area contributed by atoms with Crippen LogP contribution < -0.4 is 0 Å². The number of fused-ring (bicyclic) bond motifs is 11. The normalized spacial score (nSPS) is 13.2. The van der Waals surface area contributed by atoms with Gasteiger partial charge in [0.05, 0.1) is 0 Å². The molecule has 0 bridgehead atoms. The monoisotopic (exact) mass is 672 g/mol. The molecule has 10 aromatic rings. The Hall–Kier alpha value is -6.50. The standard InChI is InChI=1S/C53H36/c1-53(2)48-32-38-30-35(27-28-36(38)31-47(48)51-41-21-8-6-19-39(41)40-20-7-13-26-46(40)52(51)53)34-17-14-18-37(29-34)50-44-24-11-9-22-42(44)49(33-15-4-3-5-16-33)43-23-10-12-25-45(43)50/h3-32H,1-2H3. The number of benzene rings is 10. The Morgan fingerprint density at radius 2 is 0.774 bits per heavy atom. The van der Waals surface area contributed by atoms with Crippen LogP contribution in [-0.2, 0) is 5.41 Å². The fourth-order valence-electron chi connectivity index (χ4n) is 9.62. The third-order valence-electron chi connectivity index (χ3n) is 12.0. The summed E-state index contributed by atoms with van der Waals surface area (Å²) in [6.07, 6.45) is 0. The number of rotatable bonds is 3. The molecule has 0 saturated carbocycles. The van der Waals surface area contributed by atoms with E-state index in [1.807, 2.05) is 0 Å². The van der Waals surface area contributed by atoms with Crippen molar-refractivity contribution >= 4 is 53.9 Å². The molecule has 0 nitrogen and oxygen atoms in total. The second kappa shape index (κ2) is 11.2. The van der Waals surface area contributed by atoms with E-state index in [9.17, 15) is 0 Å². The van der Waals surface area contributed by atoms with Gasteiger partial charge >= 0.3 is 0 Å². The minimum atomic E-state index is -0.133. The molecule has 0 fully saturated rings. The molecule has 0 saturated heterocycles. The Morgan fingerprint density at radius 3 is 1.42 bits per heavy atom. The Morgan fingerprint density at radius 1 is 0.302 bits per heavy atom. The second-order valence-corrected chi connectivity index (χ2v) is 15.2. The van der Waals surface area contributed by atoms with E-state index in [0.717, 1.165) is 0 Å². The first-order valence-electron chi connectivity index (χ1n) is 18.7. The van der Waals surface area contributed by atoms with E-state index in [1.165, 1.54) is 109 Å². The summed E-state index contributed by atoms with van der Waals surface area (Å²) < 4.78 is 0. The topological polar surface area (TPSA) is 0 Å². The highest BCUT2D eigenvalue weighted by Crippen LogP contribution is 2.55. The van der Waals surface area contributed by atoms with Crippen LogP contribution in [0.1, 0.15) is 25.0 Å². The van der Waals surface area contributed by atoms with Crippen LogP contribution in [0.4, 0.5) is 0 Å². The summed E-state index contributed by atoms with van der Waals surface area (Å²) in [5, 5.41) is 13.0. The highest BCUT2D eigenvalue weighted by atomic mass is 14.4. The van der Waals surface area contributed by atoms with Gasteiger partial charge in [0, 0.05) is 5.41 Å². The predicted octanol–water partition coefficient (Wildman–Crippen LogP) is 14.8. The van der Waals surface area contributed by atoms with Gasteiger partial charge in [0.2, 0.25) is 0 Å². The summed E-state index contributed by atoms with van der Waals surface area (Å²) >= 11 is 0. The lowest BCUT2D eigenvalue weighted by Crippen LogP contribution is -2.15. The van der Waals surface area contributed by atoms with Gasteiger partial charge in [-0.15, -0.1) is 0 Å². The van der Waals surface area contributed by atoms with Crippen LogP contribution in [0.5, 0.6) is 0 Å². The molecule has 0 atom stereocenters. The highest BCUT2D eigenvalue weighted by molar-refractivity contribution is 6.22. The molecule has 0 amide bonds. The van der Waals surface area contributed by atoms with E-state index in [2.05, 4.69) is 196 Å². The molecule has 11 rings (SSSR count). The summed E-state index contributed by atoms with van der Waals surface area (Å²) in [5.41, 5.74) is 13.0. The molecule has 0 spiro atoms. The van der Waals surface area contributed by atoms with Crippen LogP contribution in [0, 0.1) is 0 Å². The zero-order valence-electron chi connectivity index (χ0n) is 29.8. The minimum absolute atomic E-state index is 0.133. The summed E-state index contributed by atoms with van der Waals surface area (Å²) in [7, 11) is 0. The van der Waals surface area contributed by atoms with Gasteiger partial charge in [0.25, 0.3) is 0 Å². The average molecular weight is 673 g/mol. The van der Waals surface area contributed by atoms with Crippen LogP contribution in [0.2, 0.25) is 0 Å². The van der Waals surface area contributed by atoms with E-state index in [-0.39, 0.29) is 5.41 Å². The molecule has 248 valence electrons. The molecule has 0 N–H and O–H groups in total. The SMILES string of the molecule is CC1(C)c2cc3cc(-c4cccc(-c5c6ccccc6c(-c6ccccc6)c6ccccc56)c4)ccc3cc2-c2c1c1ccccc1c1ccccc21. The number of hydrogen-bond acceptors (Lipinski definition) is 0. The lowest BCUT2D eigenvalue weighted by Gasteiger charge is -2.24. The van der Waals surface area contributed by atoms with Crippen LogP contribution >= 0.6 is 0 Å². The first kappa shape index (κ1) is 30.2. The average Bonchev–Trinajstić information content (AvgIpc) is 3.45. The summed E-state index contributed by atoms with van der Waals surface area (Å²) in [5.74, 6) is 0. The first-order chi connectivity index (χ1) is 26.1. The van der Waals surface area contributed by atoms with Crippen LogP contribution in [0.25, 0.3) is 98.4 Å². The summed E-state index contributed by atoms with van der Waals surface area (Å²) in [4.78, 5) is 0. The van der Waals surface area contributed by atoms with Crippen molar-refractivity contribution in [2.45, 2.75) is 19.3 Å². The smallest absolute Gasteiger partial charge is 0.0165 e. The number of hydrogen-bond donors (Lipinski definition) is 0. The molecule has 0 aliphatic heterocycles. The maximum Gasteiger partial charge on any atom is 0.0165 e. The third kappa shape index (κ3) is 4.36. The van der Waals surface area contributed by atoms with E-state index >= 15 is 0 Å². The van der Waals surface area contributed by atoms with Crippen molar-refractivity contribution in [3.63, 3.8) is 0 Å². The molecule has 0 aromatic heterocycles. The molecule has 0 unspecified atom stereocenters. The van der Waals surface area contributed by atoms with Crippen LogP contribution in [0.3, 0.4) is 0 Å². The zero-order chi connectivity index (χ0) is 35.3. The zero-order valence-corrected chi connectivity index (χ0v) is 29.8. The van der Waals surface area contributed by atoms with Gasteiger partial charge in [0.1, 0.15) is 0 Å². The summed E-state index contributed by atoms with van der Waals surface area (Å²) in [6, 6.07) is 67.7. The molecule has 0 heterocycles. The van der Waals surface area contributed by atoms with Gasteiger partial charge < -0.3 is 0 Å². The first-order valence-corrected chi connectivity index (χ1v) is 18.7. The molecule has 53 heavy (non-hydrogen) atoms. The Bertz CT molecular complexity index is 3070. The molecule has 0 heteroatoms. The fraction of sp³-hybridized carbons (Fsp3) is 0.0566. The highest BCUT2D eigenvalue weighted by Gasteiger charge is 2.38. The van der Waals surface area contributed by atoms with Crippen molar-refractivity contribution in [3.05, 3.63) is 193 Å². The maximum atomic E-state index is 2.48. The second-order valence-electron chi connectivity index (χ2n) is 15.2. The van der Waals surface area contributed by atoms with E-state index in [0.29, 0.717) is 0 Å². The maximum absolute atomic E-state index is 2.48. The van der Waals surface area contributed by atoms with Crippen molar-refractivity contribution in [2.75, 3.05) is 0 Å². The Kier molecular flexibility index (Phi) is 6.40. The predicted molar refractivity (Wildman–Crippen MR) is 228 cm³/mol. The quantitative estimate of drug-likeness (QED) is 0.129. The van der Waals surface area contributed by atoms with Crippen molar-refractivity contribution in [1.29, 1.82) is 0 Å². The fourth-order valence-corrected chi connectivity index (χ4v) is 9.62. The molecule has 0 radical (unpaired) electrons. The van der Waals surface area contributed by atoms with Crippen LogP contribution in [0.15, 0.2) is 182 Å². The van der Waals surface area contributed by atoms with Crippen LogP contribution in [-0.4, -0.2) is 0 Å². The molecular weight excluding hydrogens is 637 g/mol. The lowest BCUT2D eigenvalue weighted by atomic mass is 9.79. The van der Waals surface area contributed by atoms with E-state index in [4.69, 9.17) is 0 Å². The van der Waals surface area contributed by atoms with Gasteiger partial charge in [-0.3, -0.25) is 0 Å². The lowest BCUT2D eigenvalue weighted by molar-refractivity contribution is 0.667. The van der Waals surface area contributed by atoms with Gasteiger partial charge in [-0.05, 0) is 134 Å². The Labute approximate surface area is 309 Å². The van der Waals surface area contributed by atoms with Gasteiger partial charge in [0.15, 0.2) is 0 Å². The largest absolute Gasteiger partial charge is 0.0622 e. The molecule has 1 aliphatic rings. The van der Waals surface area contributed by atoms with E-state index < -0.39 is 0 Å². The Balaban J connectivity index is 1.09. The van der Waals surface area contributed by atoms with Gasteiger partial charge in [-0.1, -0.05) is 172 Å². The minimum Gasteiger partial charge on any atom is -0.0622 e. The van der Waals surface area contributed by atoms with Crippen molar-refractivity contribution in [1.82, 2.24) is 0 Å². The van der Waals surface area contributed by atoms with Gasteiger partial charge in [-0.2, -0.15) is 0 Å². The van der Waals surface area contributed by atoms with Crippen molar-refractivity contribution in [3.8, 4) is 44.5 Å². The summed E-state index contributed by atoms with van der Waals surface area (Å²) in [6.45, 7) is 4.82. The molecule has 1 aliphatic carbocycles. The molecule has 10 aromatic carbocycles. The third-order valence-corrected chi connectivity index (χ3v) is 12.0. The van der Waals surface area contributed by atoms with Crippen molar-refractivity contribution in [2.24, 2.45) is 0 Å². The van der Waals surface area contributed by atoms with E-state index in [1.54, 1.807) is 0 Å². The van der Waals surface area contributed by atoms with Gasteiger partial charge in [-0.25, -0.2) is 0 Å². The van der Waals surface area contributed by atoms with Crippen molar-refractivity contribution < 1.29 is 0 Å². The molecular formula is C53H36.